The highest BCUT2D eigenvalue weighted by atomic mass is 15.0. The summed E-state index contributed by atoms with van der Waals surface area (Å²) in [5.41, 5.74) is 15.7. The van der Waals surface area contributed by atoms with E-state index in [-0.39, 0.29) is 6.17 Å². The topological polar surface area (TPSA) is 90.1 Å². The highest BCUT2D eigenvalue weighted by Crippen LogP contribution is 1.60. The first-order chi connectivity index (χ1) is 3.81. The molecule has 0 saturated carbocycles. The molecule has 0 aliphatic carbocycles. The van der Waals surface area contributed by atoms with Gasteiger partial charge in [0, 0.05) is 19.6 Å². The molecule has 0 fully saturated rings. The zero-order chi connectivity index (χ0) is 6.41. The van der Waals surface area contributed by atoms with Crippen molar-refractivity contribution in [3.63, 3.8) is 0 Å². The summed E-state index contributed by atoms with van der Waals surface area (Å²) >= 11 is 0. The van der Waals surface area contributed by atoms with Crippen LogP contribution in [0.15, 0.2) is 0 Å². The highest BCUT2D eigenvalue weighted by Gasteiger charge is 1.92. The van der Waals surface area contributed by atoms with Crippen LogP contribution in [-0.4, -0.2) is 25.8 Å². The van der Waals surface area contributed by atoms with Gasteiger partial charge in [-0.3, -0.25) is 5.32 Å². The highest BCUT2D eigenvalue weighted by molar-refractivity contribution is 4.57. The predicted molar refractivity (Wildman–Crippen MR) is 34.1 cm³/mol. The van der Waals surface area contributed by atoms with E-state index in [4.69, 9.17) is 17.2 Å². The van der Waals surface area contributed by atoms with Gasteiger partial charge >= 0.3 is 0 Å². The van der Waals surface area contributed by atoms with E-state index < -0.39 is 0 Å². The fourth-order valence-corrected chi connectivity index (χ4v) is 0.352. The van der Waals surface area contributed by atoms with Crippen LogP contribution in [0.5, 0.6) is 0 Å². The average molecular weight is 118 g/mol. The van der Waals surface area contributed by atoms with Crippen molar-refractivity contribution in [3.05, 3.63) is 0 Å². The number of hydrogen-bond donors (Lipinski definition) is 4. The van der Waals surface area contributed by atoms with Crippen LogP contribution in [0.1, 0.15) is 0 Å². The molecular weight excluding hydrogens is 104 g/mol. The summed E-state index contributed by atoms with van der Waals surface area (Å²) in [5, 5.41) is 2.91. The van der Waals surface area contributed by atoms with Crippen molar-refractivity contribution >= 4 is 0 Å². The summed E-state index contributed by atoms with van der Waals surface area (Å²) in [6, 6.07) is 0. The number of nitrogens with one attached hydrogen (secondary N) is 1. The van der Waals surface area contributed by atoms with Crippen LogP contribution in [-0.2, 0) is 0 Å². The smallest absolute Gasteiger partial charge is 0.0673 e. The average Bonchev–Trinajstić information content (AvgIpc) is 1.83. The largest absolute Gasteiger partial charge is 0.329 e. The normalized spacial score (nSPS) is 13.9. The molecule has 0 aliphatic rings. The molecule has 0 bridgehead atoms. The van der Waals surface area contributed by atoms with Gasteiger partial charge in [0.25, 0.3) is 0 Å². The third kappa shape index (κ3) is 4.01. The van der Waals surface area contributed by atoms with Crippen LogP contribution in [0.2, 0.25) is 0 Å². The maximum atomic E-state index is 5.37. The van der Waals surface area contributed by atoms with Gasteiger partial charge in [0.15, 0.2) is 0 Å². The first-order valence-corrected chi connectivity index (χ1v) is 2.70. The van der Waals surface area contributed by atoms with Crippen molar-refractivity contribution in [1.82, 2.24) is 5.32 Å². The minimum atomic E-state index is -0.0986. The third-order valence-electron chi connectivity index (χ3n) is 0.805. The monoisotopic (exact) mass is 118 g/mol. The standard InChI is InChI=1S/C4H14N4/c5-1-2-8-4(7)3-6/h4,8H,1-3,5-7H2. The van der Waals surface area contributed by atoms with Gasteiger partial charge in [-0.25, -0.2) is 0 Å². The Balaban J connectivity index is 2.86. The Labute approximate surface area is 49.4 Å². The number of hydrogen-bond acceptors (Lipinski definition) is 4. The molecule has 1 atom stereocenters. The Morgan fingerprint density at radius 2 is 2.00 bits per heavy atom. The maximum Gasteiger partial charge on any atom is 0.0673 e. The molecule has 50 valence electrons. The van der Waals surface area contributed by atoms with E-state index in [0.29, 0.717) is 13.1 Å². The van der Waals surface area contributed by atoms with Crippen LogP contribution in [0.3, 0.4) is 0 Å². The van der Waals surface area contributed by atoms with Gasteiger partial charge in [-0.05, 0) is 0 Å². The lowest BCUT2D eigenvalue weighted by atomic mass is 10.5. The fourth-order valence-electron chi connectivity index (χ4n) is 0.352. The van der Waals surface area contributed by atoms with Crippen molar-refractivity contribution in [2.45, 2.75) is 6.17 Å². The van der Waals surface area contributed by atoms with Crippen LogP contribution in [0.25, 0.3) is 0 Å². The first-order valence-electron chi connectivity index (χ1n) is 2.70. The summed E-state index contributed by atoms with van der Waals surface area (Å²) in [6.45, 7) is 1.80. The zero-order valence-corrected chi connectivity index (χ0v) is 4.93. The molecule has 4 heteroatoms. The number of rotatable bonds is 4. The second kappa shape index (κ2) is 4.99. The molecule has 0 saturated heterocycles. The summed E-state index contributed by atoms with van der Waals surface area (Å²) in [4.78, 5) is 0. The predicted octanol–water partition coefficient (Wildman–Crippen LogP) is -2.22. The van der Waals surface area contributed by atoms with Gasteiger partial charge in [0.1, 0.15) is 0 Å². The van der Waals surface area contributed by atoms with Gasteiger partial charge in [0.05, 0.1) is 6.17 Å². The molecule has 0 aliphatic heterocycles. The van der Waals surface area contributed by atoms with E-state index in [0.717, 1.165) is 6.54 Å². The molecule has 0 spiro atoms. The van der Waals surface area contributed by atoms with Crippen molar-refractivity contribution in [2.75, 3.05) is 19.6 Å². The van der Waals surface area contributed by atoms with E-state index in [1.807, 2.05) is 0 Å². The van der Waals surface area contributed by atoms with Crippen LogP contribution < -0.4 is 22.5 Å². The molecule has 0 amide bonds. The van der Waals surface area contributed by atoms with Gasteiger partial charge in [-0.2, -0.15) is 0 Å². The van der Waals surface area contributed by atoms with Crippen molar-refractivity contribution in [2.24, 2.45) is 17.2 Å². The Morgan fingerprint density at radius 1 is 1.38 bits per heavy atom. The third-order valence-corrected chi connectivity index (χ3v) is 0.805. The molecule has 8 heavy (non-hydrogen) atoms. The van der Waals surface area contributed by atoms with Gasteiger partial charge in [-0.1, -0.05) is 0 Å². The van der Waals surface area contributed by atoms with Crippen molar-refractivity contribution in [3.8, 4) is 0 Å². The van der Waals surface area contributed by atoms with E-state index in [2.05, 4.69) is 5.32 Å². The summed E-state index contributed by atoms with van der Waals surface area (Å²) in [6.07, 6.45) is -0.0986. The van der Waals surface area contributed by atoms with Gasteiger partial charge < -0.3 is 17.2 Å². The second-order valence-electron chi connectivity index (χ2n) is 1.58. The maximum absolute atomic E-state index is 5.37. The molecule has 0 heterocycles. The van der Waals surface area contributed by atoms with Gasteiger partial charge in [0.2, 0.25) is 0 Å². The van der Waals surface area contributed by atoms with Gasteiger partial charge in [-0.15, -0.1) is 0 Å². The molecule has 0 rings (SSSR count). The molecule has 0 aromatic heterocycles. The SMILES string of the molecule is NCCNC(N)CN. The minimum absolute atomic E-state index is 0.0986. The number of nitrogens with two attached hydrogens (primary N) is 3. The van der Waals surface area contributed by atoms with E-state index in [1.165, 1.54) is 0 Å². The van der Waals surface area contributed by atoms with Crippen LogP contribution in [0.4, 0.5) is 0 Å². The lowest BCUT2D eigenvalue weighted by Gasteiger charge is -2.08. The van der Waals surface area contributed by atoms with E-state index in [1.54, 1.807) is 0 Å². The Hall–Kier alpha value is -0.160. The van der Waals surface area contributed by atoms with E-state index >= 15 is 0 Å². The molecular formula is C4H14N4. The molecule has 0 aromatic carbocycles. The molecule has 7 N–H and O–H groups in total. The first kappa shape index (κ1) is 7.84. The van der Waals surface area contributed by atoms with Crippen LogP contribution >= 0.6 is 0 Å². The Morgan fingerprint density at radius 3 is 2.38 bits per heavy atom. The summed E-state index contributed by atoms with van der Waals surface area (Å²) < 4.78 is 0. The van der Waals surface area contributed by atoms with E-state index in [9.17, 15) is 0 Å². The fraction of sp³-hybridized carbons (Fsp3) is 1.00. The Kier molecular flexibility index (Phi) is 4.89. The minimum Gasteiger partial charge on any atom is -0.329 e. The Bertz CT molecular complexity index is 47.3. The lowest BCUT2D eigenvalue weighted by molar-refractivity contribution is 0.543. The van der Waals surface area contributed by atoms with Crippen LogP contribution in [0, 0.1) is 0 Å². The molecule has 4 nitrogen and oxygen atoms in total. The molecule has 0 radical (unpaired) electrons. The molecule has 0 aromatic rings. The second-order valence-corrected chi connectivity index (χ2v) is 1.58. The lowest BCUT2D eigenvalue weighted by Crippen LogP contribution is -2.45. The quantitative estimate of drug-likeness (QED) is 0.315. The zero-order valence-electron chi connectivity index (χ0n) is 4.93. The summed E-state index contributed by atoms with van der Waals surface area (Å²) in [5.74, 6) is 0. The summed E-state index contributed by atoms with van der Waals surface area (Å²) in [7, 11) is 0. The van der Waals surface area contributed by atoms with Crippen molar-refractivity contribution < 1.29 is 0 Å². The van der Waals surface area contributed by atoms with Crippen molar-refractivity contribution in [1.29, 1.82) is 0 Å². The molecule has 1 unspecified atom stereocenters.